The molecule has 2 aromatic heterocycles. The second-order valence-corrected chi connectivity index (χ2v) is 7.25. The average molecular weight is 341 g/mol. The molecule has 3 aromatic rings. The quantitative estimate of drug-likeness (QED) is 0.775. The summed E-state index contributed by atoms with van der Waals surface area (Å²) < 4.78 is 27.5. The van der Waals surface area contributed by atoms with E-state index in [4.69, 9.17) is 0 Å². The number of rotatable bonds is 5. The van der Waals surface area contributed by atoms with Crippen molar-refractivity contribution in [3.63, 3.8) is 0 Å². The summed E-state index contributed by atoms with van der Waals surface area (Å²) in [6, 6.07) is 14.4. The first-order valence-electron chi connectivity index (χ1n) is 7.63. The van der Waals surface area contributed by atoms with E-state index >= 15 is 0 Å². The van der Waals surface area contributed by atoms with Crippen molar-refractivity contribution in [1.82, 2.24) is 14.3 Å². The molecule has 0 aliphatic rings. The molecular weight excluding hydrogens is 322 g/mol. The Kier molecular flexibility index (Phi) is 4.51. The van der Waals surface area contributed by atoms with E-state index < -0.39 is 10.0 Å². The number of hydrogen-bond acceptors (Lipinski definition) is 4. The van der Waals surface area contributed by atoms with E-state index in [1.807, 2.05) is 44.3 Å². The van der Waals surface area contributed by atoms with Crippen LogP contribution in [0.5, 0.6) is 0 Å². The second-order valence-electron chi connectivity index (χ2n) is 5.49. The summed E-state index contributed by atoms with van der Waals surface area (Å²) in [6.45, 7) is 2.54. The Bertz CT molecular complexity index is 933. The summed E-state index contributed by atoms with van der Waals surface area (Å²) in [6.07, 6.45) is 3.16. The fourth-order valence-electron chi connectivity index (χ4n) is 2.72. The molecule has 0 saturated heterocycles. The SMILES string of the molecule is CNCc1cn(S(=O)(=O)c2ccccn2)c(-c2ccccc2)c1C. The first kappa shape index (κ1) is 16.4. The van der Waals surface area contributed by atoms with Crippen LogP contribution in [0, 0.1) is 6.92 Å². The van der Waals surface area contributed by atoms with Crippen LogP contribution in [0.1, 0.15) is 11.1 Å². The van der Waals surface area contributed by atoms with Gasteiger partial charge in [-0.2, -0.15) is 8.42 Å². The van der Waals surface area contributed by atoms with Crippen molar-refractivity contribution in [1.29, 1.82) is 0 Å². The number of hydrogen-bond donors (Lipinski definition) is 1. The van der Waals surface area contributed by atoms with Crippen molar-refractivity contribution < 1.29 is 8.42 Å². The normalized spacial score (nSPS) is 11.6. The predicted octanol–water partition coefficient (Wildman–Crippen LogP) is 2.81. The van der Waals surface area contributed by atoms with Crippen LogP contribution in [0.15, 0.2) is 66.0 Å². The minimum atomic E-state index is -3.76. The van der Waals surface area contributed by atoms with Crippen LogP contribution in [0.4, 0.5) is 0 Å². The number of benzene rings is 1. The van der Waals surface area contributed by atoms with Gasteiger partial charge in [-0.25, -0.2) is 8.96 Å². The van der Waals surface area contributed by atoms with Crippen molar-refractivity contribution >= 4 is 10.0 Å². The third-order valence-electron chi connectivity index (χ3n) is 3.91. The van der Waals surface area contributed by atoms with Gasteiger partial charge in [0.25, 0.3) is 10.0 Å². The monoisotopic (exact) mass is 341 g/mol. The smallest absolute Gasteiger partial charge is 0.285 e. The highest BCUT2D eigenvalue weighted by Crippen LogP contribution is 2.30. The summed E-state index contributed by atoms with van der Waals surface area (Å²) in [5.41, 5.74) is 3.41. The molecule has 0 bridgehead atoms. The lowest BCUT2D eigenvalue weighted by Crippen LogP contribution is -2.15. The fraction of sp³-hybridized carbons (Fsp3) is 0.167. The van der Waals surface area contributed by atoms with Crippen molar-refractivity contribution in [2.75, 3.05) is 7.05 Å². The summed E-state index contributed by atoms with van der Waals surface area (Å²) in [5.74, 6) is 0. The van der Waals surface area contributed by atoms with Gasteiger partial charge in [-0.15, -0.1) is 0 Å². The third-order valence-corrected chi connectivity index (χ3v) is 5.48. The van der Waals surface area contributed by atoms with E-state index in [0.29, 0.717) is 12.2 Å². The van der Waals surface area contributed by atoms with Gasteiger partial charge in [0.1, 0.15) is 0 Å². The molecule has 5 nitrogen and oxygen atoms in total. The lowest BCUT2D eigenvalue weighted by atomic mass is 10.1. The topological polar surface area (TPSA) is 64.0 Å². The molecule has 0 radical (unpaired) electrons. The molecular formula is C18H19N3O2S. The van der Waals surface area contributed by atoms with Crippen molar-refractivity contribution in [3.8, 4) is 11.3 Å². The Morgan fingerprint density at radius 2 is 1.79 bits per heavy atom. The molecule has 24 heavy (non-hydrogen) atoms. The van der Waals surface area contributed by atoms with Gasteiger partial charge in [0.2, 0.25) is 0 Å². The fourth-order valence-corrected chi connectivity index (χ4v) is 4.11. The van der Waals surface area contributed by atoms with Crippen LogP contribution >= 0.6 is 0 Å². The molecule has 6 heteroatoms. The highest BCUT2D eigenvalue weighted by atomic mass is 32.2. The molecule has 0 aliphatic heterocycles. The maximum atomic E-state index is 13.1. The maximum Gasteiger partial charge on any atom is 0.285 e. The molecule has 0 saturated carbocycles. The molecule has 0 amide bonds. The molecule has 3 rings (SSSR count). The first-order chi connectivity index (χ1) is 11.6. The Morgan fingerprint density at radius 3 is 2.42 bits per heavy atom. The lowest BCUT2D eigenvalue weighted by Gasteiger charge is -2.11. The number of pyridine rings is 1. The highest BCUT2D eigenvalue weighted by molar-refractivity contribution is 7.90. The van der Waals surface area contributed by atoms with Crippen LogP contribution in [-0.4, -0.2) is 24.4 Å². The minimum absolute atomic E-state index is 0.0354. The summed E-state index contributed by atoms with van der Waals surface area (Å²) in [7, 11) is -1.92. The third kappa shape index (κ3) is 2.86. The van der Waals surface area contributed by atoms with Gasteiger partial charge < -0.3 is 5.32 Å². The molecule has 0 spiro atoms. The van der Waals surface area contributed by atoms with E-state index in [-0.39, 0.29) is 5.03 Å². The van der Waals surface area contributed by atoms with Crippen molar-refractivity contribution in [3.05, 3.63) is 72.1 Å². The molecule has 124 valence electrons. The molecule has 1 N–H and O–H groups in total. The van der Waals surface area contributed by atoms with Crippen LogP contribution in [-0.2, 0) is 16.6 Å². The molecule has 1 aromatic carbocycles. The largest absolute Gasteiger partial charge is 0.316 e. The number of aromatic nitrogens is 2. The van der Waals surface area contributed by atoms with E-state index in [1.54, 1.807) is 18.3 Å². The Balaban J connectivity index is 2.26. The summed E-state index contributed by atoms with van der Waals surface area (Å²) >= 11 is 0. The van der Waals surface area contributed by atoms with Crippen LogP contribution in [0.2, 0.25) is 0 Å². The zero-order valence-electron chi connectivity index (χ0n) is 13.6. The first-order valence-corrected chi connectivity index (χ1v) is 9.07. The Labute approximate surface area is 142 Å². The van der Waals surface area contributed by atoms with Gasteiger partial charge in [-0.3, -0.25) is 0 Å². The zero-order chi connectivity index (χ0) is 17.2. The van der Waals surface area contributed by atoms with Gasteiger partial charge >= 0.3 is 0 Å². The van der Waals surface area contributed by atoms with Crippen LogP contribution < -0.4 is 5.32 Å². The summed E-state index contributed by atoms with van der Waals surface area (Å²) in [4.78, 5) is 4.02. The molecule has 0 atom stereocenters. The van der Waals surface area contributed by atoms with Gasteiger partial charge in [0.15, 0.2) is 5.03 Å². The Morgan fingerprint density at radius 1 is 1.08 bits per heavy atom. The predicted molar refractivity (Wildman–Crippen MR) is 94.2 cm³/mol. The van der Waals surface area contributed by atoms with Gasteiger partial charge in [0, 0.05) is 18.9 Å². The van der Waals surface area contributed by atoms with E-state index in [9.17, 15) is 8.42 Å². The molecule has 0 fully saturated rings. The van der Waals surface area contributed by atoms with Crippen molar-refractivity contribution in [2.24, 2.45) is 0 Å². The second kappa shape index (κ2) is 6.59. The highest BCUT2D eigenvalue weighted by Gasteiger charge is 2.25. The summed E-state index contributed by atoms with van der Waals surface area (Å²) in [5, 5.41) is 3.12. The molecule has 0 aliphatic carbocycles. The Hall–Kier alpha value is -2.44. The van der Waals surface area contributed by atoms with Gasteiger partial charge in [0.05, 0.1) is 5.69 Å². The zero-order valence-corrected chi connectivity index (χ0v) is 14.4. The van der Waals surface area contributed by atoms with Crippen LogP contribution in [0.25, 0.3) is 11.3 Å². The number of nitrogens with zero attached hydrogens (tertiary/aromatic N) is 2. The average Bonchev–Trinajstić information content (AvgIpc) is 2.94. The van der Waals surface area contributed by atoms with Gasteiger partial charge in [-0.1, -0.05) is 36.4 Å². The lowest BCUT2D eigenvalue weighted by molar-refractivity contribution is 0.584. The van der Waals surface area contributed by atoms with Crippen LogP contribution in [0.3, 0.4) is 0 Å². The molecule has 0 unspecified atom stereocenters. The number of nitrogens with one attached hydrogen (secondary N) is 1. The standard InChI is InChI=1S/C18H19N3O2S/c1-14-16(12-19-2)13-21(18(14)15-8-4-3-5-9-15)24(22,23)17-10-6-7-11-20-17/h3-11,13,19H,12H2,1-2H3. The molecule has 2 heterocycles. The van der Waals surface area contributed by atoms with Crippen molar-refractivity contribution in [2.45, 2.75) is 18.5 Å². The van der Waals surface area contributed by atoms with E-state index in [2.05, 4.69) is 10.3 Å². The van der Waals surface area contributed by atoms with E-state index in [1.165, 1.54) is 16.2 Å². The minimum Gasteiger partial charge on any atom is -0.316 e. The maximum absolute atomic E-state index is 13.1. The van der Waals surface area contributed by atoms with E-state index in [0.717, 1.165) is 16.7 Å². The van der Waals surface area contributed by atoms with Gasteiger partial charge in [-0.05, 0) is 42.8 Å².